The van der Waals surface area contributed by atoms with Gasteiger partial charge in [-0.1, -0.05) is 41.5 Å². The molecule has 0 fully saturated rings. The standard InChI is InChI=1S/C27H15N2Se.C11H20O2.Ir/c1-2-9-18(10-3-1)29-21-13-7-15-24-26(21)25-19(11-6-14-23(25)30-24)27-22(29)16-17-8-4-5-12-20(17)28-27;1-10(2,3)8(12)7-9(13)11(4,5)6;/h1-10,12-16H;7,12H,1-6H3;/q-1;;/b;8-7-;. The topological polar surface area (TPSA) is 55.1 Å². The number of rotatable bonds is 2. The Balaban J connectivity index is 0.000000237. The summed E-state index contributed by atoms with van der Waals surface area (Å²) in [6.45, 7) is 11.1. The molecule has 3 aromatic heterocycles. The number of ketones is 1. The molecule has 6 heteroatoms. The van der Waals surface area contributed by atoms with Crippen LogP contribution in [0.5, 0.6) is 0 Å². The first-order chi connectivity index (χ1) is 20.4. The predicted octanol–water partition coefficient (Wildman–Crippen LogP) is 9.58. The Labute approximate surface area is 277 Å². The monoisotopic (exact) mass is 824 g/mol. The molecule has 7 aromatic rings. The van der Waals surface area contributed by atoms with Crippen LogP contribution in [0.3, 0.4) is 0 Å². The van der Waals surface area contributed by atoms with Crippen molar-refractivity contribution in [3.8, 4) is 5.69 Å². The average Bonchev–Trinajstić information content (AvgIpc) is 3.31. The van der Waals surface area contributed by atoms with Crippen molar-refractivity contribution in [1.82, 2.24) is 9.55 Å². The van der Waals surface area contributed by atoms with Gasteiger partial charge >= 0.3 is 179 Å². The molecule has 0 amide bonds. The third-order valence-electron chi connectivity index (χ3n) is 7.65. The van der Waals surface area contributed by atoms with Crippen LogP contribution >= 0.6 is 0 Å². The zero-order valence-corrected chi connectivity index (χ0v) is 29.8. The van der Waals surface area contributed by atoms with E-state index in [1.807, 2.05) is 41.5 Å². The van der Waals surface area contributed by atoms with Gasteiger partial charge in [0, 0.05) is 37.0 Å². The van der Waals surface area contributed by atoms with E-state index in [4.69, 9.17) is 4.98 Å². The van der Waals surface area contributed by atoms with Crippen LogP contribution in [0.4, 0.5) is 0 Å². The number of nitrogens with zero attached hydrogens (tertiary/aromatic N) is 2. The second-order valence-corrected chi connectivity index (χ2v) is 15.2. The fourth-order valence-electron chi connectivity index (χ4n) is 5.16. The van der Waals surface area contributed by atoms with Gasteiger partial charge < -0.3 is 5.11 Å². The van der Waals surface area contributed by atoms with E-state index in [0.717, 1.165) is 33.0 Å². The number of para-hydroxylation sites is 2. The molecule has 0 saturated carbocycles. The van der Waals surface area contributed by atoms with Crippen LogP contribution < -0.4 is 0 Å². The second-order valence-electron chi connectivity index (χ2n) is 13.0. The molecule has 4 nitrogen and oxygen atoms in total. The number of carbonyl (C=O) groups is 1. The molecule has 0 saturated heterocycles. The molecule has 0 aliphatic carbocycles. The van der Waals surface area contributed by atoms with Gasteiger partial charge in [-0.25, -0.2) is 0 Å². The molecule has 0 unspecified atom stereocenters. The van der Waals surface area contributed by atoms with Crippen LogP contribution in [0.2, 0.25) is 0 Å². The Morgan fingerprint density at radius 1 is 0.818 bits per heavy atom. The van der Waals surface area contributed by atoms with Crippen molar-refractivity contribution in [2.24, 2.45) is 10.8 Å². The van der Waals surface area contributed by atoms with Gasteiger partial charge in [0.15, 0.2) is 5.78 Å². The third kappa shape index (κ3) is 5.93. The van der Waals surface area contributed by atoms with Crippen LogP contribution in [0.15, 0.2) is 103 Å². The molecule has 1 radical (unpaired) electrons. The molecule has 4 aromatic carbocycles. The van der Waals surface area contributed by atoms with Crippen molar-refractivity contribution in [2.75, 3.05) is 0 Å². The van der Waals surface area contributed by atoms with E-state index in [2.05, 4.69) is 102 Å². The summed E-state index contributed by atoms with van der Waals surface area (Å²) in [6, 6.07) is 35.9. The summed E-state index contributed by atoms with van der Waals surface area (Å²) in [4.78, 5) is 16.7. The molecular weight excluding hydrogens is 788 g/mol. The quantitative estimate of drug-likeness (QED) is 0.0819. The number of hydrogen-bond acceptors (Lipinski definition) is 3. The molecule has 7 rings (SSSR count). The zero-order chi connectivity index (χ0) is 30.5. The first-order valence-corrected chi connectivity index (χ1v) is 16.2. The molecule has 0 bridgehead atoms. The van der Waals surface area contributed by atoms with Gasteiger partial charge in [-0.05, 0) is 0 Å². The fourth-order valence-corrected chi connectivity index (χ4v) is 7.54. The molecule has 44 heavy (non-hydrogen) atoms. The van der Waals surface area contributed by atoms with Crippen LogP contribution in [0.25, 0.3) is 57.8 Å². The summed E-state index contributed by atoms with van der Waals surface area (Å²) in [5.74, 6) is 0.104. The Kier molecular flexibility index (Phi) is 8.77. The van der Waals surface area contributed by atoms with Crippen LogP contribution in [0.1, 0.15) is 41.5 Å². The van der Waals surface area contributed by atoms with Crippen LogP contribution in [0, 0.1) is 16.9 Å². The van der Waals surface area contributed by atoms with Crippen molar-refractivity contribution >= 4 is 72.4 Å². The van der Waals surface area contributed by atoms with E-state index in [1.165, 1.54) is 30.9 Å². The van der Waals surface area contributed by atoms with E-state index in [9.17, 15) is 9.90 Å². The normalized spacial score (nSPS) is 12.5. The van der Waals surface area contributed by atoms with Crippen molar-refractivity contribution in [1.29, 1.82) is 0 Å². The van der Waals surface area contributed by atoms with Gasteiger partial charge in [0.1, 0.15) is 5.76 Å². The van der Waals surface area contributed by atoms with Gasteiger partial charge in [0.05, 0.1) is 0 Å². The van der Waals surface area contributed by atoms with Crippen molar-refractivity contribution in [3.63, 3.8) is 0 Å². The summed E-state index contributed by atoms with van der Waals surface area (Å²) < 4.78 is 5.25. The number of aliphatic hydroxyl groups is 1. The van der Waals surface area contributed by atoms with Gasteiger partial charge in [-0.15, -0.1) is 0 Å². The van der Waals surface area contributed by atoms with Gasteiger partial charge in [0.2, 0.25) is 0 Å². The van der Waals surface area contributed by atoms with E-state index in [0.29, 0.717) is 14.5 Å². The summed E-state index contributed by atoms with van der Waals surface area (Å²) in [5, 5.41) is 14.5. The molecular formula is C38H35IrN2O2Se-. The fraction of sp³-hybridized carbons (Fsp3) is 0.211. The number of aliphatic hydroxyl groups excluding tert-OH is 1. The van der Waals surface area contributed by atoms with E-state index in [-0.39, 0.29) is 37.1 Å². The Morgan fingerprint density at radius 2 is 1.50 bits per heavy atom. The first kappa shape index (κ1) is 31.9. The van der Waals surface area contributed by atoms with E-state index < -0.39 is 5.41 Å². The Bertz CT molecular complexity index is 2180. The molecule has 0 spiro atoms. The minimum atomic E-state index is -0.417. The number of carbonyl (C=O) groups excluding carboxylic acids is 1. The number of hydrogen-bond donors (Lipinski definition) is 1. The molecule has 1 N–H and O–H groups in total. The number of allylic oxidation sites excluding steroid dienone is 2. The number of aromatic nitrogens is 2. The van der Waals surface area contributed by atoms with Gasteiger partial charge in [-0.3, -0.25) is 4.79 Å². The first-order valence-electron chi connectivity index (χ1n) is 14.5. The van der Waals surface area contributed by atoms with Crippen LogP contribution in [-0.2, 0) is 24.9 Å². The van der Waals surface area contributed by atoms with E-state index in [1.54, 1.807) is 0 Å². The van der Waals surface area contributed by atoms with E-state index >= 15 is 0 Å². The van der Waals surface area contributed by atoms with Crippen LogP contribution in [-0.4, -0.2) is 34.9 Å². The third-order valence-corrected chi connectivity index (χ3v) is 10.00. The Hall–Kier alpha value is -3.53. The molecule has 0 aliphatic rings. The number of benzene rings is 4. The van der Waals surface area contributed by atoms with Gasteiger partial charge in [0.25, 0.3) is 0 Å². The maximum atomic E-state index is 11.5. The second kappa shape index (κ2) is 12.1. The summed E-state index contributed by atoms with van der Waals surface area (Å²) in [6.07, 6.45) is 1.33. The average molecular weight is 823 g/mol. The van der Waals surface area contributed by atoms with Gasteiger partial charge in [-0.2, -0.15) is 0 Å². The number of fused-ring (bicyclic) bond motifs is 3. The van der Waals surface area contributed by atoms with Crippen molar-refractivity contribution in [3.05, 3.63) is 109 Å². The van der Waals surface area contributed by atoms with Crippen molar-refractivity contribution < 1.29 is 30.0 Å². The predicted molar refractivity (Wildman–Crippen MR) is 181 cm³/mol. The summed E-state index contributed by atoms with van der Waals surface area (Å²) in [7, 11) is 0. The maximum absolute atomic E-state index is 11.5. The minimum absolute atomic E-state index is 0. The molecule has 0 aliphatic heterocycles. The zero-order valence-electron chi connectivity index (χ0n) is 25.7. The molecule has 0 atom stereocenters. The Morgan fingerprint density at radius 3 is 2.20 bits per heavy atom. The molecule has 3 heterocycles. The SMILES string of the molecule is CC(C)(C)C(=O)/C=C(\O)C(C)(C)C.[Ir].[c-]1ccc2[se]c3cccc4c3c2c1c1nc2ccccc2cc1n4-c1ccccc1. The number of pyridine rings is 1. The van der Waals surface area contributed by atoms with Crippen molar-refractivity contribution in [2.45, 2.75) is 41.5 Å². The molecule has 225 valence electrons. The summed E-state index contributed by atoms with van der Waals surface area (Å²) in [5.41, 5.74) is 4.76. The summed E-state index contributed by atoms with van der Waals surface area (Å²) >= 11 is 0.307.